The topological polar surface area (TPSA) is 86.8 Å². The molecule has 0 aromatic heterocycles. The van der Waals surface area contributed by atoms with E-state index in [2.05, 4.69) is 5.32 Å². The number of fused-ring (bicyclic) bond motifs is 1. The summed E-state index contributed by atoms with van der Waals surface area (Å²) >= 11 is 12.4. The molecule has 34 heavy (non-hydrogen) atoms. The first-order chi connectivity index (χ1) is 16.1. The van der Waals surface area contributed by atoms with E-state index in [0.29, 0.717) is 34.9 Å². The summed E-state index contributed by atoms with van der Waals surface area (Å²) in [7, 11) is 0. The largest absolute Gasteiger partial charge is 0.352 e. The quantitative estimate of drug-likeness (QED) is 0.404. The number of imide groups is 1. The second-order valence-electron chi connectivity index (χ2n) is 9.08. The standard InChI is InChI=1S/C25H31Cl2N3O4/c1-4-21(23(32)28-15(2)3)30(14-16-9-10-17(26)13-20(16)27)22(31)11-12-29-24(33)18-7-5-6-8-19(18)25(29)34/h5-6,9-10,13,15,18-19,21H,4,7-8,11-12,14H2,1-3H3,(H,28,32)/t18-,19+,21-/m0/s1. The molecule has 0 spiro atoms. The number of halogens is 2. The summed E-state index contributed by atoms with van der Waals surface area (Å²) in [6.07, 6.45) is 5.28. The molecule has 0 unspecified atom stereocenters. The summed E-state index contributed by atoms with van der Waals surface area (Å²) in [6.45, 7) is 5.64. The average Bonchev–Trinajstić information content (AvgIpc) is 3.03. The first-order valence-electron chi connectivity index (χ1n) is 11.7. The van der Waals surface area contributed by atoms with Gasteiger partial charge in [-0.3, -0.25) is 24.1 Å². The molecule has 1 aliphatic carbocycles. The van der Waals surface area contributed by atoms with E-state index in [1.165, 1.54) is 9.80 Å². The summed E-state index contributed by atoms with van der Waals surface area (Å²) in [4.78, 5) is 54.6. The van der Waals surface area contributed by atoms with Gasteiger partial charge in [0.25, 0.3) is 0 Å². The summed E-state index contributed by atoms with van der Waals surface area (Å²) in [6, 6.07) is 4.18. The SMILES string of the molecule is CC[C@@H](C(=O)NC(C)C)N(Cc1ccc(Cl)cc1Cl)C(=O)CCN1C(=O)[C@H]2CC=CC[C@H]2C1=O. The highest BCUT2D eigenvalue weighted by Crippen LogP contribution is 2.35. The number of carbonyl (C=O) groups is 4. The Morgan fingerprint density at radius 1 is 1.12 bits per heavy atom. The van der Waals surface area contributed by atoms with Gasteiger partial charge in [0.15, 0.2) is 0 Å². The van der Waals surface area contributed by atoms with Gasteiger partial charge >= 0.3 is 0 Å². The van der Waals surface area contributed by atoms with Crippen LogP contribution in [0.25, 0.3) is 0 Å². The van der Waals surface area contributed by atoms with Crippen molar-refractivity contribution in [3.05, 3.63) is 46.0 Å². The Morgan fingerprint density at radius 2 is 1.74 bits per heavy atom. The molecular formula is C25H31Cl2N3O4. The van der Waals surface area contributed by atoms with E-state index < -0.39 is 6.04 Å². The third-order valence-electron chi connectivity index (χ3n) is 6.32. The van der Waals surface area contributed by atoms with Gasteiger partial charge < -0.3 is 10.2 Å². The van der Waals surface area contributed by atoms with Gasteiger partial charge in [-0.1, -0.05) is 48.3 Å². The third-order valence-corrected chi connectivity index (χ3v) is 6.91. The van der Waals surface area contributed by atoms with Crippen molar-refractivity contribution in [1.82, 2.24) is 15.1 Å². The highest BCUT2D eigenvalue weighted by molar-refractivity contribution is 6.35. The molecule has 9 heteroatoms. The number of allylic oxidation sites excluding steroid dienone is 2. The number of hydrogen-bond donors (Lipinski definition) is 1. The zero-order valence-electron chi connectivity index (χ0n) is 19.7. The minimum Gasteiger partial charge on any atom is -0.352 e. The number of benzene rings is 1. The first-order valence-corrected chi connectivity index (χ1v) is 12.4. The van der Waals surface area contributed by atoms with Crippen molar-refractivity contribution in [2.75, 3.05) is 6.54 Å². The van der Waals surface area contributed by atoms with Crippen LogP contribution in [0, 0.1) is 11.8 Å². The van der Waals surface area contributed by atoms with Crippen molar-refractivity contribution in [1.29, 1.82) is 0 Å². The molecule has 0 saturated carbocycles. The van der Waals surface area contributed by atoms with Gasteiger partial charge in [0.05, 0.1) is 11.8 Å². The van der Waals surface area contributed by atoms with Crippen molar-refractivity contribution in [3.63, 3.8) is 0 Å². The lowest BCUT2D eigenvalue weighted by Crippen LogP contribution is -2.51. The van der Waals surface area contributed by atoms with E-state index >= 15 is 0 Å². The molecule has 4 amide bonds. The molecule has 0 bridgehead atoms. The predicted octanol–water partition coefficient (Wildman–Crippen LogP) is 3.97. The minimum absolute atomic E-state index is 0.00339. The number of carbonyl (C=O) groups excluding carboxylic acids is 4. The number of nitrogens with one attached hydrogen (secondary N) is 1. The van der Waals surface area contributed by atoms with E-state index in [1.54, 1.807) is 18.2 Å². The monoisotopic (exact) mass is 507 g/mol. The molecule has 184 valence electrons. The Hall–Kier alpha value is -2.38. The van der Waals surface area contributed by atoms with Crippen molar-refractivity contribution in [2.24, 2.45) is 11.8 Å². The Labute approximate surface area is 210 Å². The fourth-order valence-corrected chi connectivity index (χ4v) is 5.04. The van der Waals surface area contributed by atoms with Gasteiger partial charge in [-0.15, -0.1) is 0 Å². The number of amides is 4. The molecule has 1 saturated heterocycles. The fraction of sp³-hybridized carbons (Fsp3) is 0.520. The normalized spacial score (nSPS) is 20.5. The van der Waals surface area contributed by atoms with E-state index in [4.69, 9.17) is 23.2 Å². The average molecular weight is 508 g/mol. The van der Waals surface area contributed by atoms with Crippen LogP contribution in [0.15, 0.2) is 30.4 Å². The van der Waals surface area contributed by atoms with Crippen LogP contribution < -0.4 is 5.32 Å². The van der Waals surface area contributed by atoms with Crippen LogP contribution in [0.4, 0.5) is 0 Å². The second kappa shape index (κ2) is 11.4. The molecule has 2 aliphatic rings. The maximum absolute atomic E-state index is 13.4. The van der Waals surface area contributed by atoms with Crippen LogP contribution in [-0.4, -0.2) is 52.1 Å². The Morgan fingerprint density at radius 3 is 2.26 bits per heavy atom. The number of rotatable bonds is 9. The maximum atomic E-state index is 13.4. The van der Waals surface area contributed by atoms with Crippen LogP contribution in [0.2, 0.25) is 10.0 Å². The van der Waals surface area contributed by atoms with E-state index in [1.807, 2.05) is 32.9 Å². The van der Waals surface area contributed by atoms with E-state index in [9.17, 15) is 19.2 Å². The Kier molecular flexibility index (Phi) is 8.77. The van der Waals surface area contributed by atoms with Crippen molar-refractivity contribution >= 4 is 46.8 Å². The predicted molar refractivity (Wildman–Crippen MR) is 131 cm³/mol. The molecular weight excluding hydrogens is 477 g/mol. The molecule has 3 atom stereocenters. The fourth-order valence-electron chi connectivity index (χ4n) is 4.57. The van der Waals surface area contributed by atoms with Gasteiger partial charge in [0.2, 0.25) is 23.6 Å². The van der Waals surface area contributed by atoms with Gasteiger partial charge in [-0.05, 0) is 50.8 Å². The molecule has 1 aromatic rings. The van der Waals surface area contributed by atoms with Crippen LogP contribution in [0.5, 0.6) is 0 Å². The molecule has 0 radical (unpaired) electrons. The highest BCUT2D eigenvalue weighted by atomic mass is 35.5. The number of hydrogen-bond acceptors (Lipinski definition) is 4. The lowest BCUT2D eigenvalue weighted by molar-refractivity contribution is -0.144. The summed E-state index contributed by atoms with van der Waals surface area (Å²) in [5, 5.41) is 3.74. The van der Waals surface area contributed by atoms with Crippen molar-refractivity contribution in [3.8, 4) is 0 Å². The zero-order valence-corrected chi connectivity index (χ0v) is 21.2. The smallest absolute Gasteiger partial charge is 0.243 e. The second-order valence-corrected chi connectivity index (χ2v) is 9.92. The molecule has 1 N–H and O–H groups in total. The Balaban J connectivity index is 1.79. The van der Waals surface area contributed by atoms with Crippen LogP contribution in [0.1, 0.15) is 52.0 Å². The van der Waals surface area contributed by atoms with Crippen LogP contribution in [0.3, 0.4) is 0 Å². The highest BCUT2D eigenvalue weighted by Gasteiger charge is 2.47. The lowest BCUT2D eigenvalue weighted by atomic mass is 9.85. The van der Waals surface area contributed by atoms with Gasteiger partial charge in [0.1, 0.15) is 6.04 Å². The summed E-state index contributed by atoms with van der Waals surface area (Å²) in [5.41, 5.74) is 0.653. The molecule has 3 rings (SSSR count). The zero-order chi connectivity index (χ0) is 25.0. The van der Waals surface area contributed by atoms with E-state index in [0.717, 1.165) is 0 Å². The van der Waals surface area contributed by atoms with Crippen LogP contribution in [-0.2, 0) is 25.7 Å². The van der Waals surface area contributed by atoms with Crippen molar-refractivity contribution in [2.45, 2.75) is 65.1 Å². The minimum atomic E-state index is -0.724. The molecule has 1 aromatic carbocycles. The molecule has 1 aliphatic heterocycles. The molecule has 1 fully saturated rings. The number of likely N-dealkylation sites (tertiary alicyclic amines) is 1. The van der Waals surface area contributed by atoms with Crippen LogP contribution >= 0.6 is 23.2 Å². The van der Waals surface area contributed by atoms with Gasteiger partial charge in [-0.2, -0.15) is 0 Å². The maximum Gasteiger partial charge on any atom is 0.243 e. The van der Waals surface area contributed by atoms with Crippen molar-refractivity contribution < 1.29 is 19.2 Å². The lowest BCUT2D eigenvalue weighted by Gasteiger charge is -2.32. The Bertz CT molecular complexity index is 968. The first kappa shape index (κ1) is 26.2. The van der Waals surface area contributed by atoms with Gasteiger partial charge in [0, 0.05) is 35.6 Å². The molecule has 7 nitrogen and oxygen atoms in total. The molecule has 1 heterocycles. The third kappa shape index (κ3) is 5.81. The summed E-state index contributed by atoms with van der Waals surface area (Å²) < 4.78 is 0. The van der Waals surface area contributed by atoms with Gasteiger partial charge in [-0.25, -0.2) is 0 Å². The van der Waals surface area contributed by atoms with E-state index in [-0.39, 0.29) is 61.0 Å². The summed E-state index contributed by atoms with van der Waals surface area (Å²) in [5.74, 6) is -1.70. The number of nitrogens with zero attached hydrogens (tertiary/aromatic N) is 2.